The molecule has 1 rings (SSSR count). The van der Waals surface area contributed by atoms with Gasteiger partial charge in [0.25, 0.3) is 0 Å². The second kappa shape index (κ2) is 9.94. The molecule has 25 heavy (non-hydrogen) atoms. The van der Waals surface area contributed by atoms with Gasteiger partial charge in [0.15, 0.2) is 0 Å². The average Bonchev–Trinajstić information content (AvgIpc) is 2.64. The van der Waals surface area contributed by atoms with E-state index in [2.05, 4.69) is 4.74 Å². The number of benzene rings is 1. The van der Waals surface area contributed by atoms with Crippen molar-refractivity contribution in [3.63, 3.8) is 0 Å². The predicted molar refractivity (Wildman–Crippen MR) is 90.5 cm³/mol. The first-order valence-electron chi connectivity index (χ1n) is 7.83. The lowest BCUT2D eigenvalue weighted by molar-refractivity contribution is -0.146. The van der Waals surface area contributed by atoms with Crippen LogP contribution in [0.5, 0.6) is 0 Å². The summed E-state index contributed by atoms with van der Waals surface area (Å²) in [5.74, 6) is -2.80. The van der Waals surface area contributed by atoms with Gasteiger partial charge >= 0.3 is 11.9 Å². The van der Waals surface area contributed by atoms with Crippen molar-refractivity contribution >= 4 is 17.6 Å². The van der Waals surface area contributed by atoms with Gasteiger partial charge in [0.1, 0.15) is 5.92 Å². The maximum atomic E-state index is 11.8. The van der Waals surface area contributed by atoms with Crippen molar-refractivity contribution in [3.8, 4) is 12.1 Å². The van der Waals surface area contributed by atoms with Gasteiger partial charge in [-0.25, -0.2) is 4.79 Å². The van der Waals surface area contributed by atoms with Crippen LogP contribution in [0.4, 0.5) is 5.69 Å². The molecule has 0 fully saturated rings. The summed E-state index contributed by atoms with van der Waals surface area (Å²) in [6, 6.07) is 10.5. The first-order chi connectivity index (χ1) is 12.0. The third-order valence-corrected chi connectivity index (χ3v) is 3.78. The van der Waals surface area contributed by atoms with Gasteiger partial charge in [-0.1, -0.05) is 0 Å². The summed E-state index contributed by atoms with van der Waals surface area (Å²) >= 11 is 0. The van der Waals surface area contributed by atoms with Gasteiger partial charge in [0.2, 0.25) is 0 Å². The molecular formula is C18H21N3O4. The zero-order valence-electron chi connectivity index (χ0n) is 14.6. The highest BCUT2D eigenvalue weighted by molar-refractivity contribution is 5.89. The number of carbonyl (C=O) groups is 2. The monoisotopic (exact) mass is 343 g/mol. The molecule has 7 heteroatoms. The molecule has 0 amide bonds. The predicted octanol–water partition coefficient (Wildman–Crippen LogP) is 2.14. The standard InChI is InChI=1S/C18H21N3O4/c1-4-25-17(22)13-5-7-15(8-6-13)21(2)10-9-16(18(23)24-3)14(11-19)12-20/h5-8,14,16H,4,9-10H2,1-3H3. The van der Waals surface area contributed by atoms with Crippen LogP contribution in [0.25, 0.3) is 0 Å². The molecule has 1 aromatic rings. The summed E-state index contributed by atoms with van der Waals surface area (Å²) in [6.07, 6.45) is 0.300. The maximum Gasteiger partial charge on any atom is 0.338 e. The third-order valence-electron chi connectivity index (χ3n) is 3.78. The van der Waals surface area contributed by atoms with Crippen molar-refractivity contribution in [2.45, 2.75) is 13.3 Å². The maximum absolute atomic E-state index is 11.8. The minimum absolute atomic E-state index is 0.300. The summed E-state index contributed by atoms with van der Waals surface area (Å²) < 4.78 is 9.62. The number of hydrogen-bond acceptors (Lipinski definition) is 7. The van der Waals surface area contributed by atoms with Gasteiger partial charge in [0, 0.05) is 19.3 Å². The van der Waals surface area contributed by atoms with Crippen molar-refractivity contribution in [2.24, 2.45) is 11.8 Å². The molecule has 0 heterocycles. The van der Waals surface area contributed by atoms with Crippen molar-refractivity contribution in [1.29, 1.82) is 10.5 Å². The molecule has 1 aromatic carbocycles. The van der Waals surface area contributed by atoms with Crippen LogP contribution in [0.2, 0.25) is 0 Å². The van der Waals surface area contributed by atoms with Crippen LogP contribution in [0.15, 0.2) is 24.3 Å². The van der Waals surface area contributed by atoms with Crippen molar-refractivity contribution < 1.29 is 19.1 Å². The van der Waals surface area contributed by atoms with Crippen LogP contribution in [-0.4, -0.2) is 39.2 Å². The average molecular weight is 343 g/mol. The Labute approximate surface area is 147 Å². The molecule has 0 bridgehead atoms. The molecule has 1 unspecified atom stereocenters. The van der Waals surface area contributed by atoms with E-state index in [1.165, 1.54) is 7.11 Å². The SMILES string of the molecule is CCOC(=O)c1ccc(N(C)CCC(C(=O)OC)C(C#N)C#N)cc1. The summed E-state index contributed by atoms with van der Waals surface area (Å²) in [6.45, 7) is 2.50. The Morgan fingerprint density at radius 3 is 2.28 bits per heavy atom. The molecule has 0 N–H and O–H groups in total. The number of ether oxygens (including phenoxy) is 2. The van der Waals surface area contributed by atoms with E-state index in [4.69, 9.17) is 15.3 Å². The lowest BCUT2D eigenvalue weighted by atomic mass is 9.91. The lowest BCUT2D eigenvalue weighted by Crippen LogP contribution is -2.29. The van der Waals surface area contributed by atoms with E-state index in [-0.39, 0.29) is 5.97 Å². The van der Waals surface area contributed by atoms with Crippen LogP contribution < -0.4 is 4.90 Å². The Hall–Kier alpha value is -3.06. The molecule has 0 aliphatic carbocycles. The van der Waals surface area contributed by atoms with Gasteiger partial charge in [0.05, 0.1) is 37.3 Å². The topological polar surface area (TPSA) is 103 Å². The number of carbonyl (C=O) groups excluding carboxylic acids is 2. The molecule has 0 saturated carbocycles. The summed E-state index contributed by atoms with van der Waals surface area (Å²) in [7, 11) is 3.06. The molecule has 0 spiro atoms. The quantitative estimate of drug-likeness (QED) is 0.666. The third kappa shape index (κ3) is 5.50. The highest BCUT2D eigenvalue weighted by Crippen LogP contribution is 2.20. The van der Waals surface area contributed by atoms with Gasteiger partial charge in [-0.15, -0.1) is 0 Å². The number of anilines is 1. The fourth-order valence-corrected chi connectivity index (χ4v) is 2.31. The van der Waals surface area contributed by atoms with E-state index in [0.29, 0.717) is 25.1 Å². The first-order valence-corrected chi connectivity index (χ1v) is 7.83. The number of hydrogen-bond donors (Lipinski definition) is 0. The Morgan fingerprint density at radius 1 is 1.20 bits per heavy atom. The van der Waals surface area contributed by atoms with Crippen LogP contribution in [0.1, 0.15) is 23.7 Å². The number of rotatable bonds is 8. The molecule has 1 atom stereocenters. The molecule has 7 nitrogen and oxygen atoms in total. The second-order valence-electron chi connectivity index (χ2n) is 5.34. The normalized spacial score (nSPS) is 11.1. The van der Waals surface area contributed by atoms with Crippen molar-refractivity contribution in [3.05, 3.63) is 29.8 Å². The van der Waals surface area contributed by atoms with Crippen LogP contribution in [-0.2, 0) is 14.3 Å². The van der Waals surface area contributed by atoms with Gasteiger partial charge < -0.3 is 14.4 Å². The van der Waals surface area contributed by atoms with Crippen LogP contribution in [0, 0.1) is 34.5 Å². The van der Waals surface area contributed by atoms with Crippen LogP contribution in [0.3, 0.4) is 0 Å². The molecule has 0 saturated heterocycles. The van der Waals surface area contributed by atoms with E-state index in [1.54, 1.807) is 31.2 Å². The van der Waals surface area contributed by atoms with E-state index < -0.39 is 17.8 Å². The van der Waals surface area contributed by atoms with E-state index in [9.17, 15) is 9.59 Å². The molecule has 0 aliphatic rings. The number of methoxy groups -OCH3 is 1. The lowest BCUT2D eigenvalue weighted by Gasteiger charge is -2.22. The van der Waals surface area contributed by atoms with Gasteiger partial charge in [-0.2, -0.15) is 10.5 Å². The Kier molecular flexibility index (Phi) is 7.95. The van der Waals surface area contributed by atoms with E-state index >= 15 is 0 Å². The highest BCUT2D eigenvalue weighted by atomic mass is 16.5. The number of esters is 2. The second-order valence-corrected chi connectivity index (χ2v) is 5.34. The van der Waals surface area contributed by atoms with Gasteiger partial charge in [-0.05, 0) is 37.6 Å². The number of nitrogens with zero attached hydrogens (tertiary/aromatic N) is 3. The number of nitriles is 2. The first kappa shape index (κ1) is 20.0. The minimum Gasteiger partial charge on any atom is -0.469 e. The Bertz CT molecular complexity index is 659. The molecular weight excluding hydrogens is 322 g/mol. The molecule has 0 aromatic heterocycles. The molecule has 132 valence electrons. The largest absolute Gasteiger partial charge is 0.469 e. The summed E-state index contributed by atoms with van der Waals surface area (Å²) in [4.78, 5) is 25.3. The fourth-order valence-electron chi connectivity index (χ4n) is 2.31. The van der Waals surface area contributed by atoms with E-state index in [0.717, 1.165) is 5.69 Å². The van der Waals surface area contributed by atoms with E-state index in [1.807, 2.05) is 24.1 Å². The Morgan fingerprint density at radius 2 is 1.80 bits per heavy atom. The zero-order chi connectivity index (χ0) is 18.8. The van der Waals surface area contributed by atoms with Gasteiger partial charge in [-0.3, -0.25) is 4.79 Å². The summed E-state index contributed by atoms with van der Waals surface area (Å²) in [5.41, 5.74) is 1.29. The zero-order valence-corrected chi connectivity index (χ0v) is 14.6. The molecule has 0 aliphatic heterocycles. The van der Waals surface area contributed by atoms with Crippen molar-refractivity contribution in [1.82, 2.24) is 0 Å². The minimum atomic E-state index is -1.05. The summed E-state index contributed by atoms with van der Waals surface area (Å²) in [5, 5.41) is 18.0. The van der Waals surface area contributed by atoms with Crippen LogP contribution >= 0.6 is 0 Å². The highest BCUT2D eigenvalue weighted by Gasteiger charge is 2.29. The molecule has 0 radical (unpaired) electrons. The van der Waals surface area contributed by atoms with Crippen molar-refractivity contribution in [2.75, 3.05) is 32.2 Å². The Balaban J connectivity index is 2.76. The fraction of sp³-hybridized carbons (Fsp3) is 0.444. The smallest absolute Gasteiger partial charge is 0.338 e.